The van der Waals surface area contributed by atoms with E-state index in [9.17, 15) is 19.2 Å². The number of amides is 1. The molecule has 0 radical (unpaired) electrons. The van der Waals surface area contributed by atoms with Crippen LogP contribution in [-0.4, -0.2) is 51.5 Å². The molecule has 2 N–H and O–H groups in total. The molecule has 11 nitrogen and oxygen atoms in total. The molecule has 11 heteroatoms. The topological polar surface area (TPSA) is 132 Å². The largest absolute Gasteiger partial charge is 0.467 e. The van der Waals surface area contributed by atoms with Gasteiger partial charge in [-0.15, -0.1) is 0 Å². The van der Waals surface area contributed by atoms with Crippen molar-refractivity contribution in [3.8, 4) is 0 Å². The third-order valence-corrected chi connectivity index (χ3v) is 5.22. The number of aromatic nitrogens is 2. The van der Waals surface area contributed by atoms with Gasteiger partial charge in [0.05, 0.1) is 13.2 Å². The van der Waals surface area contributed by atoms with E-state index in [2.05, 4.69) is 10.3 Å². The number of nitrogens with zero attached hydrogens (tertiary/aromatic N) is 2. The number of hydrogen-bond donors (Lipinski definition) is 2. The molecule has 1 aliphatic heterocycles. The van der Waals surface area contributed by atoms with E-state index in [1.165, 1.54) is 22.9 Å². The van der Waals surface area contributed by atoms with Gasteiger partial charge in [-0.1, -0.05) is 30.3 Å². The molecule has 0 spiro atoms. The van der Waals surface area contributed by atoms with Crippen LogP contribution >= 0.6 is 0 Å². The summed E-state index contributed by atoms with van der Waals surface area (Å²) in [4.78, 5) is 57.8. The summed E-state index contributed by atoms with van der Waals surface area (Å²) in [6.07, 6.45) is -0.0654. The summed E-state index contributed by atoms with van der Waals surface area (Å²) in [6, 6.07) is 7.53. The highest BCUT2D eigenvalue weighted by molar-refractivity contribution is 5.82. The maximum Gasteiger partial charge on any atom is 0.408 e. The van der Waals surface area contributed by atoms with Crippen molar-refractivity contribution < 1.29 is 23.9 Å². The van der Waals surface area contributed by atoms with Gasteiger partial charge in [-0.25, -0.2) is 14.4 Å². The number of aryl methyl sites for hydroxylation is 1. The summed E-state index contributed by atoms with van der Waals surface area (Å²) in [7, 11) is 1.22. The van der Waals surface area contributed by atoms with Gasteiger partial charge in [0.15, 0.2) is 6.23 Å². The summed E-state index contributed by atoms with van der Waals surface area (Å²) in [5, 5.41) is 4.12. The first kappa shape index (κ1) is 25.2. The number of methoxy groups -OCH3 is 1. The molecule has 0 bridgehead atoms. The van der Waals surface area contributed by atoms with Gasteiger partial charge in [0.25, 0.3) is 5.56 Å². The number of carbonyl (C=O) groups is 2. The summed E-state index contributed by atoms with van der Waals surface area (Å²) in [6.45, 7) is 6.97. The molecule has 3 rings (SSSR count). The zero-order chi connectivity index (χ0) is 25.0. The minimum Gasteiger partial charge on any atom is -0.467 e. The van der Waals surface area contributed by atoms with Crippen LogP contribution in [-0.2, 0) is 25.7 Å². The van der Waals surface area contributed by atoms with E-state index in [4.69, 9.17) is 14.3 Å². The molecule has 0 unspecified atom stereocenters. The normalized spacial score (nSPS) is 19.4. The van der Waals surface area contributed by atoms with Crippen LogP contribution in [0.2, 0.25) is 0 Å². The zero-order valence-corrected chi connectivity index (χ0v) is 19.9. The Balaban J connectivity index is 1.95. The third kappa shape index (κ3) is 6.12. The van der Waals surface area contributed by atoms with Crippen LogP contribution in [0.25, 0.3) is 0 Å². The summed E-state index contributed by atoms with van der Waals surface area (Å²) in [5.74, 6) is -0.692. The van der Waals surface area contributed by atoms with E-state index in [1.807, 2.05) is 30.3 Å². The molecule has 2 heterocycles. The number of nitrogens with one attached hydrogen (secondary N) is 2. The van der Waals surface area contributed by atoms with Crippen molar-refractivity contribution in [1.29, 1.82) is 0 Å². The highest BCUT2D eigenvalue weighted by Crippen LogP contribution is 2.32. The van der Waals surface area contributed by atoms with Crippen LogP contribution in [0, 0.1) is 6.92 Å². The van der Waals surface area contributed by atoms with E-state index in [0.717, 1.165) is 5.56 Å². The molecule has 0 saturated carbocycles. The maximum absolute atomic E-state index is 12.7. The van der Waals surface area contributed by atoms with Crippen LogP contribution < -0.4 is 16.6 Å². The number of alkyl carbamates (subject to hydrolysis) is 1. The fraction of sp³-hybridized carbons (Fsp3) is 0.478. The molecule has 1 aliphatic rings. The van der Waals surface area contributed by atoms with Crippen molar-refractivity contribution in [3.05, 3.63) is 68.5 Å². The molecular formula is C23H30N4O7. The fourth-order valence-electron chi connectivity index (χ4n) is 3.66. The summed E-state index contributed by atoms with van der Waals surface area (Å²) in [5.41, 5.74) is -0.687. The van der Waals surface area contributed by atoms with Crippen LogP contribution in [0.15, 0.2) is 46.1 Å². The minimum absolute atomic E-state index is 0.147. The van der Waals surface area contributed by atoms with Crippen LogP contribution in [0.1, 0.15) is 44.5 Å². The molecule has 1 amide bonds. The number of H-pyrrole nitrogens is 1. The minimum atomic E-state index is -1.15. The van der Waals surface area contributed by atoms with E-state index in [-0.39, 0.29) is 13.0 Å². The molecule has 3 atom stereocenters. The van der Waals surface area contributed by atoms with Gasteiger partial charge in [-0.05, 0) is 33.3 Å². The Hall–Kier alpha value is -3.44. The smallest absolute Gasteiger partial charge is 0.408 e. The van der Waals surface area contributed by atoms with E-state index in [0.29, 0.717) is 5.56 Å². The van der Waals surface area contributed by atoms with E-state index >= 15 is 0 Å². The molecule has 1 aromatic heterocycles. The second-order valence-corrected chi connectivity index (χ2v) is 9.05. The number of benzene rings is 1. The Bertz CT molecular complexity index is 1140. The van der Waals surface area contributed by atoms with Crippen LogP contribution in [0.4, 0.5) is 4.79 Å². The molecule has 1 saturated heterocycles. The van der Waals surface area contributed by atoms with Crippen molar-refractivity contribution in [2.45, 2.75) is 64.6 Å². The Morgan fingerprint density at radius 3 is 2.53 bits per heavy atom. The summed E-state index contributed by atoms with van der Waals surface area (Å²) < 4.78 is 11.5. The molecule has 34 heavy (non-hydrogen) atoms. The van der Waals surface area contributed by atoms with Crippen LogP contribution in [0.5, 0.6) is 0 Å². The van der Waals surface area contributed by atoms with E-state index < -0.39 is 47.2 Å². The number of esters is 1. The van der Waals surface area contributed by atoms with Gasteiger partial charge < -0.3 is 14.8 Å². The predicted octanol–water partition coefficient (Wildman–Crippen LogP) is 1.62. The average Bonchev–Trinajstić information content (AvgIpc) is 3.16. The van der Waals surface area contributed by atoms with Crippen molar-refractivity contribution >= 4 is 12.1 Å². The molecular weight excluding hydrogens is 444 g/mol. The van der Waals surface area contributed by atoms with Gasteiger partial charge in [-0.3, -0.25) is 19.2 Å². The predicted molar refractivity (Wildman–Crippen MR) is 122 cm³/mol. The van der Waals surface area contributed by atoms with Crippen LogP contribution in [0.3, 0.4) is 0 Å². The molecule has 0 aliphatic carbocycles. The standard InChI is InChI=1S/C23H30N4O7/c1-14-12-26(21(30)25-19(14)28)17-11-16(27(34-17)13-15-9-7-6-8-10-15)18(20(29)32-5)24-22(31)33-23(2,3)4/h6-10,12,16-18H,11,13H2,1-5H3,(H,24,31)(H,25,28,30)/t16-,17+,18+/m1/s1. The van der Waals surface area contributed by atoms with Crippen molar-refractivity contribution in [2.24, 2.45) is 0 Å². The van der Waals surface area contributed by atoms with Gasteiger partial charge in [-0.2, -0.15) is 5.06 Å². The quantitative estimate of drug-likeness (QED) is 0.604. The number of hydroxylamine groups is 2. The zero-order valence-electron chi connectivity index (χ0n) is 19.9. The Morgan fingerprint density at radius 1 is 1.24 bits per heavy atom. The second-order valence-electron chi connectivity index (χ2n) is 9.05. The van der Waals surface area contributed by atoms with Gasteiger partial charge in [0.2, 0.25) is 0 Å². The highest BCUT2D eigenvalue weighted by Gasteiger charge is 2.44. The lowest BCUT2D eigenvalue weighted by molar-refractivity contribution is -0.196. The van der Waals surface area contributed by atoms with E-state index in [1.54, 1.807) is 27.7 Å². The first-order valence-electron chi connectivity index (χ1n) is 10.8. The lowest BCUT2D eigenvalue weighted by Crippen LogP contribution is -2.54. The van der Waals surface area contributed by atoms with Gasteiger partial charge in [0, 0.05) is 24.7 Å². The molecule has 1 fully saturated rings. The highest BCUT2D eigenvalue weighted by atomic mass is 16.7. The Kier molecular flexibility index (Phi) is 7.57. The lowest BCUT2D eigenvalue weighted by atomic mass is 10.0. The monoisotopic (exact) mass is 474 g/mol. The number of hydrogen-bond acceptors (Lipinski definition) is 8. The molecule has 1 aromatic carbocycles. The first-order valence-corrected chi connectivity index (χ1v) is 10.8. The lowest BCUT2D eigenvalue weighted by Gasteiger charge is -2.29. The number of aromatic amines is 1. The van der Waals surface area contributed by atoms with Gasteiger partial charge >= 0.3 is 17.8 Å². The Labute approximate surface area is 196 Å². The molecule has 184 valence electrons. The van der Waals surface area contributed by atoms with Crippen molar-refractivity contribution in [2.75, 3.05) is 7.11 Å². The molecule has 2 aromatic rings. The SMILES string of the molecule is COC(=O)[C@@H](NC(=O)OC(C)(C)C)[C@H]1C[C@@H](n2cc(C)c(=O)[nH]c2=O)ON1Cc1ccccc1. The second kappa shape index (κ2) is 10.2. The van der Waals surface area contributed by atoms with Crippen molar-refractivity contribution in [1.82, 2.24) is 19.9 Å². The third-order valence-electron chi connectivity index (χ3n) is 5.22. The first-order chi connectivity index (χ1) is 16.0. The summed E-state index contributed by atoms with van der Waals surface area (Å²) >= 11 is 0. The van der Waals surface area contributed by atoms with Crippen molar-refractivity contribution in [3.63, 3.8) is 0 Å². The number of ether oxygens (including phenoxy) is 2. The average molecular weight is 475 g/mol. The fourth-order valence-corrected chi connectivity index (χ4v) is 3.66. The maximum atomic E-state index is 12.7. The van der Waals surface area contributed by atoms with Gasteiger partial charge in [0.1, 0.15) is 11.6 Å². The Morgan fingerprint density at radius 2 is 1.91 bits per heavy atom. The number of carbonyl (C=O) groups excluding carboxylic acids is 2. The number of rotatable bonds is 6.